The number of hydrogen-bond acceptors (Lipinski definition) is 2. The third kappa shape index (κ3) is 2.20. The van der Waals surface area contributed by atoms with Gasteiger partial charge < -0.3 is 10.4 Å². The van der Waals surface area contributed by atoms with E-state index in [9.17, 15) is 4.79 Å². The Morgan fingerprint density at radius 2 is 2.33 bits per heavy atom. The second kappa shape index (κ2) is 3.75. The Morgan fingerprint density at radius 3 is 2.67 bits per heavy atom. The van der Waals surface area contributed by atoms with Crippen LogP contribution >= 0.6 is 15.9 Å². The summed E-state index contributed by atoms with van der Waals surface area (Å²) in [4.78, 5) is 11.4. The fraction of sp³-hybridized carbons (Fsp3) is 0.875. The van der Waals surface area contributed by atoms with E-state index in [0.717, 1.165) is 19.3 Å². The lowest BCUT2D eigenvalue weighted by molar-refractivity contribution is -0.122. The minimum atomic E-state index is -0.310. The van der Waals surface area contributed by atoms with E-state index in [2.05, 4.69) is 21.2 Å². The minimum absolute atomic E-state index is 0.0170. The first-order valence-corrected chi connectivity index (χ1v) is 5.02. The number of rotatable bonds is 4. The quantitative estimate of drug-likeness (QED) is 0.709. The van der Waals surface area contributed by atoms with Gasteiger partial charge in [-0.05, 0) is 19.3 Å². The largest absolute Gasteiger partial charge is 0.394 e. The predicted molar refractivity (Wildman–Crippen MR) is 50.2 cm³/mol. The monoisotopic (exact) mass is 235 g/mol. The molecule has 1 rings (SSSR count). The molecule has 1 atom stereocenters. The van der Waals surface area contributed by atoms with Crippen molar-refractivity contribution >= 4 is 21.8 Å². The van der Waals surface area contributed by atoms with Crippen molar-refractivity contribution in [2.24, 2.45) is 0 Å². The van der Waals surface area contributed by atoms with Crippen LogP contribution in [0.15, 0.2) is 0 Å². The van der Waals surface area contributed by atoms with Gasteiger partial charge in [-0.3, -0.25) is 4.79 Å². The van der Waals surface area contributed by atoms with Gasteiger partial charge in [0.15, 0.2) is 0 Å². The highest BCUT2D eigenvalue weighted by Crippen LogP contribution is 2.44. The van der Waals surface area contributed by atoms with Crippen LogP contribution in [0, 0.1) is 0 Å². The van der Waals surface area contributed by atoms with Crippen molar-refractivity contribution < 1.29 is 9.90 Å². The molecule has 4 heteroatoms. The molecule has 0 spiro atoms. The molecule has 0 heterocycles. The molecule has 0 aromatic carbocycles. The maximum atomic E-state index is 11.4. The Hall–Kier alpha value is -0.0900. The molecule has 2 N–H and O–H groups in total. The summed E-state index contributed by atoms with van der Waals surface area (Å²) < 4.78 is -0.310. The van der Waals surface area contributed by atoms with Crippen molar-refractivity contribution in [1.29, 1.82) is 0 Å². The van der Waals surface area contributed by atoms with Crippen molar-refractivity contribution in [3.05, 3.63) is 0 Å². The molecule has 1 aliphatic rings. The molecule has 0 aliphatic heterocycles. The SMILES string of the molecule is CC[C@H](CO)NC(=O)C1(Br)CC1. The number of nitrogens with one attached hydrogen (secondary N) is 1. The van der Waals surface area contributed by atoms with Gasteiger partial charge in [0, 0.05) is 0 Å². The Labute approximate surface area is 80.7 Å². The third-order valence-corrected chi connectivity index (χ3v) is 3.30. The predicted octanol–water partition coefficient (Wildman–Crippen LogP) is 0.801. The Kier molecular flexibility index (Phi) is 3.12. The lowest BCUT2D eigenvalue weighted by Gasteiger charge is -2.15. The van der Waals surface area contributed by atoms with E-state index in [4.69, 9.17) is 5.11 Å². The van der Waals surface area contributed by atoms with E-state index in [1.54, 1.807) is 0 Å². The summed E-state index contributed by atoms with van der Waals surface area (Å²) >= 11 is 3.35. The number of hydrogen-bond donors (Lipinski definition) is 2. The van der Waals surface area contributed by atoms with Gasteiger partial charge >= 0.3 is 0 Å². The van der Waals surface area contributed by atoms with E-state index in [-0.39, 0.29) is 22.9 Å². The molecule has 3 nitrogen and oxygen atoms in total. The number of halogens is 1. The van der Waals surface area contributed by atoms with E-state index in [1.165, 1.54) is 0 Å². The van der Waals surface area contributed by atoms with Crippen molar-refractivity contribution in [1.82, 2.24) is 5.32 Å². The maximum absolute atomic E-state index is 11.4. The zero-order chi connectivity index (χ0) is 9.19. The molecule has 1 aliphatic carbocycles. The fourth-order valence-electron chi connectivity index (χ4n) is 0.928. The van der Waals surface area contributed by atoms with E-state index >= 15 is 0 Å². The van der Waals surface area contributed by atoms with Crippen LogP contribution in [0.1, 0.15) is 26.2 Å². The lowest BCUT2D eigenvalue weighted by atomic mass is 10.2. The van der Waals surface area contributed by atoms with Gasteiger partial charge in [-0.1, -0.05) is 22.9 Å². The van der Waals surface area contributed by atoms with Gasteiger partial charge in [-0.25, -0.2) is 0 Å². The van der Waals surface area contributed by atoms with Crippen molar-refractivity contribution in [3.8, 4) is 0 Å². The normalized spacial score (nSPS) is 21.6. The molecule has 12 heavy (non-hydrogen) atoms. The van der Waals surface area contributed by atoms with Crippen LogP contribution in [0.4, 0.5) is 0 Å². The molecule has 0 aromatic heterocycles. The highest BCUT2D eigenvalue weighted by atomic mass is 79.9. The molecular formula is C8H14BrNO2. The van der Waals surface area contributed by atoms with Crippen molar-refractivity contribution in [2.75, 3.05) is 6.61 Å². The number of aliphatic hydroxyl groups is 1. The first-order chi connectivity index (χ1) is 5.62. The smallest absolute Gasteiger partial charge is 0.237 e. The Balaban J connectivity index is 2.34. The molecule has 0 bridgehead atoms. The van der Waals surface area contributed by atoms with Crippen LogP contribution in [0.3, 0.4) is 0 Å². The number of alkyl halides is 1. The fourth-order valence-corrected chi connectivity index (χ4v) is 1.24. The van der Waals surface area contributed by atoms with Gasteiger partial charge in [0.2, 0.25) is 5.91 Å². The van der Waals surface area contributed by atoms with Gasteiger partial charge in [0.1, 0.15) is 4.32 Å². The summed E-state index contributed by atoms with van der Waals surface area (Å²) in [6.07, 6.45) is 2.58. The van der Waals surface area contributed by atoms with Crippen LogP contribution in [0.2, 0.25) is 0 Å². The van der Waals surface area contributed by atoms with E-state index in [0.29, 0.717) is 0 Å². The Morgan fingerprint density at radius 1 is 1.75 bits per heavy atom. The van der Waals surface area contributed by atoms with Crippen LogP contribution < -0.4 is 5.32 Å². The molecule has 0 radical (unpaired) electrons. The molecule has 1 fully saturated rings. The topological polar surface area (TPSA) is 49.3 Å². The van der Waals surface area contributed by atoms with Gasteiger partial charge in [0.05, 0.1) is 12.6 Å². The second-order valence-corrected chi connectivity index (χ2v) is 4.74. The second-order valence-electron chi connectivity index (χ2n) is 3.23. The molecule has 1 saturated carbocycles. The van der Waals surface area contributed by atoms with Crippen LogP contribution in [-0.4, -0.2) is 28.0 Å². The standard InChI is InChI=1S/C8H14BrNO2/c1-2-6(5-11)10-7(12)8(9)3-4-8/h6,11H,2-5H2,1H3,(H,10,12)/t6-/m1/s1. The third-order valence-electron chi connectivity index (χ3n) is 2.14. The summed E-state index contributed by atoms with van der Waals surface area (Å²) in [5.74, 6) is 0.0170. The van der Waals surface area contributed by atoms with E-state index < -0.39 is 0 Å². The van der Waals surface area contributed by atoms with Crippen LogP contribution in [0.5, 0.6) is 0 Å². The van der Waals surface area contributed by atoms with Gasteiger partial charge in [-0.2, -0.15) is 0 Å². The van der Waals surface area contributed by atoms with E-state index in [1.807, 2.05) is 6.92 Å². The maximum Gasteiger partial charge on any atom is 0.237 e. The average molecular weight is 236 g/mol. The molecular weight excluding hydrogens is 222 g/mol. The highest BCUT2D eigenvalue weighted by Gasteiger charge is 2.47. The zero-order valence-electron chi connectivity index (χ0n) is 7.14. The van der Waals surface area contributed by atoms with Gasteiger partial charge in [0.25, 0.3) is 0 Å². The first-order valence-electron chi connectivity index (χ1n) is 4.23. The average Bonchev–Trinajstić information content (AvgIpc) is 2.80. The zero-order valence-corrected chi connectivity index (χ0v) is 8.73. The summed E-state index contributed by atoms with van der Waals surface area (Å²) in [6, 6.07) is -0.0903. The first kappa shape index (κ1) is 9.99. The molecule has 0 unspecified atom stereocenters. The van der Waals surface area contributed by atoms with Crippen molar-refractivity contribution in [3.63, 3.8) is 0 Å². The minimum Gasteiger partial charge on any atom is -0.394 e. The number of carbonyl (C=O) groups is 1. The molecule has 0 saturated heterocycles. The van der Waals surface area contributed by atoms with Crippen molar-refractivity contribution in [2.45, 2.75) is 36.6 Å². The summed E-state index contributed by atoms with van der Waals surface area (Å²) in [7, 11) is 0. The highest BCUT2D eigenvalue weighted by molar-refractivity contribution is 9.10. The molecule has 0 aromatic rings. The Bertz CT molecular complexity index is 176. The number of aliphatic hydroxyl groups excluding tert-OH is 1. The summed E-state index contributed by atoms with van der Waals surface area (Å²) in [5, 5.41) is 11.6. The molecule has 1 amide bonds. The van der Waals surface area contributed by atoms with Crippen LogP contribution in [-0.2, 0) is 4.79 Å². The van der Waals surface area contributed by atoms with Gasteiger partial charge in [-0.15, -0.1) is 0 Å². The lowest BCUT2D eigenvalue weighted by Crippen LogP contribution is -2.41. The number of amides is 1. The number of carbonyl (C=O) groups excluding carboxylic acids is 1. The summed E-state index contributed by atoms with van der Waals surface area (Å²) in [6.45, 7) is 1.96. The van der Waals surface area contributed by atoms with Crippen LogP contribution in [0.25, 0.3) is 0 Å². The molecule has 70 valence electrons. The summed E-state index contributed by atoms with van der Waals surface area (Å²) in [5.41, 5.74) is 0.